The lowest BCUT2D eigenvalue weighted by Crippen LogP contribution is -2.39. The van der Waals surface area contributed by atoms with Crippen molar-refractivity contribution < 1.29 is 22.4 Å². The summed E-state index contributed by atoms with van der Waals surface area (Å²) in [7, 11) is 0. The van der Waals surface area contributed by atoms with Gasteiger partial charge in [0.25, 0.3) is 0 Å². The van der Waals surface area contributed by atoms with Crippen molar-refractivity contribution in [3.8, 4) is 0 Å². The van der Waals surface area contributed by atoms with Gasteiger partial charge in [-0.25, -0.2) is 4.39 Å². The van der Waals surface area contributed by atoms with Gasteiger partial charge in [0.2, 0.25) is 11.7 Å². The van der Waals surface area contributed by atoms with Crippen LogP contribution < -0.4 is 5.73 Å². The normalized spacial score (nSPS) is 22.2. The largest absolute Gasteiger partial charge is 0.451 e. The number of alkyl halides is 3. The van der Waals surface area contributed by atoms with Gasteiger partial charge in [0.05, 0.1) is 12.1 Å². The van der Waals surface area contributed by atoms with E-state index in [1.165, 1.54) is 11.0 Å². The minimum Gasteiger partial charge on any atom is -0.330 e. The number of carbonyl (C=O) groups excluding carboxylic acids is 1. The summed E-state index contributed by atoms with van der Waals surface area (Å²) in [6.45, 7) is 0.171. The van der Waals surface area contributed by atoms with Crippen molar-refractivity contribution in [3.05, 3.63) is 47.3 Å². The Bertz CT molecular complexity index is 880. The average molecular weight is 383 g/mol. The van der Waals surface area contributed by atoms with E-state index < -0.39 is 30.1 Å². The van der Waals surface area contributed by atoms with Crippen LogP contribution in [0.2, 0.25) is 0 Å². The van der Waals surface area contributed by atoms with Crippen molar-refractivity contribution in [2.45, 2.75) is 43.6 Å². The average Bonchev–Trinajstić information content (AvgIpc) is 3.27. The molecule has 2 aliphatic heterocycles. The zero-order valence-corrected chi connectivity index (χ0v) is 14.2. The fourth-order valence-corrected chi connectivity index (χ4v) is 3.97. The van der Waals surface area contributed by atoms with Crippen LogP contribution in [-0.2, 0) is 17.4 Å². The number of amides is 1. The first-order chi connectivity index (χ1) is 12.8. The molecule has 3 atom stereocenters. The van der Waals surface area contributed by atoms with Crippen LogP contribution in [0.25, 0.3) is 0 Å². The maximum absolute atomic E-state index is 13.7. The lowest BCUT2D eigenvalue weighted by molar-refractivity contribution is -0.148. The Hall–Kier alpha value is -2.49. The number of benzene rings is 1. The summed E-state index contributed by atoms with van der Waals surface area (Å²) in [5.41, 5.74) is 6.43. The van der Waals surface area contributed by atoms with Crippen molar-refractivity contribution in [1.29, 1.82) is 0 Å². The molecule has 4 rings (SSSR count). The van der Waals surface area contributed by atoms with Gasteiger partial charge in [-0.15, -0.1) is 10.2 Å². The molecule has 0 saturated carbocycles. The summed E-state index contributed by atoms with van der Waals surface area (Å²) >= 11 is 0. The highest BCUT2D eigenvalue weighted by Gasteiger charge is 2.51. The topological polar surface area (TPSA) is 77.0 Å². The van der Waals surface area contributed by atoms with Crippen LogP contribution in [0.5, 0.6) is 0 Å². The Morgan fingerprint density at radius 1 is 1.30 bits per heavy atom. The molecule has 1 amide bonds. The van der Waals surface area contributed by atoms with Crippen molar-refractivity contribution >= 4 is 5.91 Å². The number of nitrogens with zero attached hydrogens (tertiary/aromatic N) is 4. The van der Waals surface area contributed by atoms with Crippen molar-refractivity contribution in [1.82, 2.24) is 19.7 Å². The molecular formula is C17H17F4N5O. The van der Waals surface area contributed by atoms with E-state index >= 15 is 0 Å². The van der Waals surface area contributed by atoms with E-state index in [2.05, 4.69) is 10.2 Å². The van der Waals surface area contributed by atoms with Gasteiger partial charge >= 0.3 is 6.18 Å². The molecule has 0 unspecified atom stereocenters. The van der Waals surface area contributed by atoms with E-state index in [0.717, 1.165) is 4.57 Å². The highest BCUT2D eigenvalue weighted by atomic mass is 19.4. The van der Waals surface area contributed by atoms with Crippen LogP contribution in [0.15, 0.2) is 24.3 Å². The second-order valence-corrected chi connectivity index (χ2v) is 6.96. The molecule has 1 aromatic carbocycles. The van der Waals surface area contributed by atoms with Crippen molar-refractivity contribution in [2.24, 2.45) is 5.73 Å². The van der Waals surface area contributed by atoms with Crippen LogP contribution in [-0.4, -0.2) is 38.2 Å². The monoisotopic (exact) mass is 383 g/mol. The van der Waals surface area contributed by atoms with Crippen LogP contribution in [0.1, 0.15) is 42.1 Å². The molecule has 27 heavy (non-hydrogen) atoms. The molecule has 10 heteroatoms. The SMILES string of the molecule is N[C@@H](CC(=O)N1C[C@@H]2C[C@H]1c1nnc(C(F)(F)F)n12)Cc1ccccc1F. The van der Waals surface area contributed by atoms with E-state index in [-0.39, 0.29) is 36.9 Å². The highest BCUT2D eigenvalue weighted by molar-refractivity contribution is 5.78. The lowest BCUT2D eigenvalue weighted by atomic mass is 10.0. The summed E-state index contributed by atoms with van der Waals surface area (Å²) in [4.78, 5) is 14.1. The number of nitrogens with two attached hydrogens (primary N) is 1. The third-order valence-electron chi connectivity index (χ3n) is 5.12. The Morgan fingerprint density at radius 3 is 2.74 bits per heavy atom. The number of fused-ring (bicyclic) bond motifs is 5. The van der Waals surface area contributed by atoms with Crippen molar-refractivity contribution in [2.75, 3.05) is 6.54 Å². The molecule has 3 heterocycles. The van der Waals surface area contributed by atoms with Gasteiger partial charge < -0.3 is 15.2 Å². The highest BCUT2D eigenvalue weighted by Crippen LogP contribution is 2.47. The minimum absolute atomic E-state index is 0.0161. The summed E-state index contributed by atoms with van der Waals surface area (Å²) in [5, 5.41) is 6.91. The quantitative estimate of drug-likeness (QED) is 0.822. The molecule has 0 spiro atoms. The summed E-state index contributed by atoms with van der Waals surface area (Å²) in [6, 6.07) is 4.61. The van der Waals surface area contributed by atoms with E-state index in [0.29, 0.717) is 12.0 Å². The number of aromatic nitrogens is 3. The van der Waals surface area contributed by atoms with Gasteiger partial charge in [-0.1, -0.05) is 18.2 Å². The molecule has 1 saturated heterocycles. The molecule has 6 nitrogen and oxygen atoms in total. The number of hydrogen-bond acceptors (Lipinski definition) is 4. The molecule has 2 N–H and O–H groups in total. The first kappa shape index (κ1) is 17.9. The predicted molar refractivity (Wildman–Crippen MR) is 85.8 cm³/mol. The predicted octanol–water partition coefficient (Wildman–Crippen LogP) is 2.22. The fraction of sp³-hybridized carbons (Fsp3) is 0.471. The van der Waals surface area contributed by atoms with E-state index in [1.807, 2.05) is 0 Å². The number of carbonyl (C=O) groups is 1. The number of halogens is 4. The summed E-state index contributed by atoms with van der Waals surface area (Å²) in [6.07, 6.45) is -4.00. The zero-order chi connectivity index (χ0) is 19.3. The smallest absolute Gasteiger partial charge is 0.330 e. The van der Waals surface area contributed by atoms with E-state index in [1.54, 1.807) is 18.2 Å². The Kier molecular flexibility index (Phi) is 4.17. The van der Waals surface area contributed by atoms with Gasteiger partial charge in [0.1, 0.15) is 5.82 Å². The molecular weight excluding hydrogens is 366 g/mol. The summed E-state index contributed by atoms with van der Waals surface area (Å²) < 4.78 is 53.9. The van der Waals surface area contributed by atoms with Gasteiger partial charge in [-0.2, -0.15) is 13.2 Å². The maximum Gasteiger partial charge on any atom is 0.451 e. The third kappa shape index (κ3) is 3.07. The van der Waals surface area contributed by atoms with Gasteiger partial charge in [0, 0.05) is 19.0 Å². The zero-order valence-electron chi connectivity index (χ0n) is 14.2. The number of likely N-dealkylation sites (tertiary alicyclic amines) is 1. The minimum atomic E-state index is -4.58. The molecule has 2 aliphatic rings. The Labute approximate surface area is 152 Å². The second-order valence-electron chi connectivity index (χ2n) is 6.96. The standard InChI is InChI=1S/C17H17F4N5O/c18-12-4-2-1-3-9(12)5-10(22)6-14(27)25-8-11-7-13(25)15-23-24-16(26(11)15)17(19,20)21/h1-4,10-11,13H,5-8,22H2/t10-,11+,13+/m1/s1. The number of hydrogen-bond donors (Lipinski definition) is 1. The van der Waals surface area contributed by atoms with Crippen LogP contribution >= 0.6 is 0 Å². The van der Waals surface area contributed by atoms with Crippen molar-refractivity contribution in [3.63, 3.8) is 0 Å². The molecule has 0 aliphatic carbocycles. The lowest BCUT2D eigenvalue weighted by Gasteiger charge is -2.28. The van der Waals surface area contributed by atoms with Gasteiger partial charge in [0.15, 0.2) is 5.82 Å². The molecule has 0 radical (unpaired) electrons. The van der Waals surface area contributed by atoms with E-state index in [4.69, 9.17) is 5.73 Å². The van der Waals surface area contributed by atoms with Crippen LogP contribution in [0.4, 0.5) is 17.6 Å². The molecule has 144 valence electrons. The second kappa shape index (κ2) is 6.29. The summed E-state index contributed by atoms with van der Waals surface area (Å²) in [5.74, 6) is -1.51. The Balaban J connectivity index is 1.44. The Morgan fingerprint density at radius 2 is 2.04 bits per heavy atom. The van der Waals surface area contributed by atoms with Crippen LogP contribution in [0.3, 0.4) is 0 Å². The van der Waals surface area contributed by atoms with Gasteiger partial charge in [-0.3, -0.25) is 4.79 Å². The molecule has 2 bridgehead atoms. The molecule has 2 aromatic rings. The van der Waals surface area contributed by atoms with E-state index in [9.17, 15) is 22.4 Å². The first-order valence-corrected chi connectivity index (χ1v) is 8.56. The van der Waals surface area contributed by atoms with Gasteiger partial charge in [-0.05, 0) is 24.5 Å². The molecule has 1 fully saturated rings. The molecule has 1 aromatic heterocycles. The fourth-order valence-electron chi connectivity index (χ4n) is 3.97. The number of rotatable bonds is 4. The third-order valence-corrected chi connectivity index (χ3v) is 5.12. The van der Waals surface area contributed by atoms with Crippen LogP contribution in [0, 0.1) is 5.82 Å². The maximum atomic E-state index is 13.7. The first-order valence-electron chi connectivity index (χ1n) is 8.56.